The Kier molecular flexibility index (Phi) is 5.74. The van der Waals surface area contributed by atoms with E-state index in [4.69, 9.17) is 4.74 Å². The highest BCUT2D eigenvalue weighted by Gasteiger charge is 2.21. The van der Waals surface area contributed by atoms with Crippen LogP contribution in [-0.2, 0) is 0 Å². The predicted molar refractivity (Wildman–Crippen MR) is 87.6 cm³/mol. The van der Waals surface area contributed by atoms with E-state index in [-0.39, 0.29) is 23.0 Å². The smallest absolute Gasteiger partial charge is 0.271 e. The third-order valence-electron chi connectivity index (χ3n) is 3.53. The van der Waals surface area contributed by atoms with Crippen LogP contribution >= 0.6 is 0 Å². The molecule has 0 spiro atoms. The Balaban J connectivity index is 2.31. The van der Waals surface area contributed by atoms with Crippen molar-refractivity contribution in [1.29, 1.82) is 0 Å². The Bertz CT molecular complexity index is 789. The predicted octanol–water partition coefficient (Wildman–Crippen LogP) is 2.54. The molecule has 0 radical (unpaired) electrons. The first kappa shape index (κ1) is 18.4. The maximum absolute atomic E-state index is 13.4. The highest BCUT2D eigenvalue weighted by atomic mass is 19.2. The van der Waals surface area contributed by atoms with Crippen molar-refractivity contribution in [2.24, 2.45) is 0 Å². The van der Waals surface area contributed by atoms with Gasteiger partial charge in [-0.25, -0.2) is 8.78 Å². The van der Waals surface area contributed by atoms with Crippen LogP contribution in [0.4, 0.5) is 8.78 Å². The van der Waals surface area contributed by atoms with Crippen LogP contribution in [0.5, 0.6) is 5.75 Å². The molecule has 0 bridgehead atoms. The topological polar surface area (TPSA) is 83.2 Å². The molecule has 1 aromatic carbocycles. The summed E-state index contributed by atoms with van der Waals surface area (Å²) in [7, 11) is 1.44. The van der Waals surface area contributed by atoms with Gasteiger partial charge in [0, 0.05) is 19.7 Å². The van der Waals surface area contributed by atoms with Crippen LogP contribution in [0.3, 0.4) is 0 Å². The number of aromatic amines is 1. The summed E-state index contributed by atoms with van der Waals surface area (Å²) in [6.07, 6.45) is -0.670. The first-order valence-corrected chi connectivity index (χ1v) is 7.72. The van der Waals surface area contributed by atoms with Gasteiger partial charge in [0.25, 0.3) is 11.8 Å². The molecule has 2 aromatic rings. The van der Waals surface area contributed by atoms with Crippen LogP contribution in [0.2, 0.25) is 0 Å². The molecule has 1 heterocycles. The van der Waals surface area contributed by atoms with Crippen LogP contribution < -0.4 is 15.4 Å². The van der Waals surface area contributed by atoms with Crippen molar-refractivity contribution >= 4 is 11.8 Å². The van der Waals surface area contributed by atoms with E-state index >= 15 is 0 Å². The molecule has 25 heavy (non-hydrogen) atoms. The van der Waals surface area contributed by atoms with Gasteiger partial charge < -0.3 is 20.4 Å². The van der Waals surface area contributed by atoms with Crippen LogP contribution in [0, 0.1) is 11.6 Å². The SMILES string of the molecule is CCNC(=O)c1cc(OC(C)c2ccc(F)c(F)c2)c(C(=O)NC)[nH]1. The Morgan fingerprint density at radius 2 is 1.92 bits per heavy atom. The molecule has 0 saturated heterocycles. The Hall–Kier alpha value is -2.90. The number of benzene rings is 1. The summed E-state index contributed by atoms with van der Waals surface area (Å²) in [5, 5.41) is 5.05. The van der Waals surface area contributed by atoms with E-state index < -0.39 is 23.6 Å². The van der Waals surface area contributed by atoms with Gasteiger partial charge in [-0.1, -0.05) is 6.07 Å². The zero-order chi connectivity index (χ0) is 18.6. The Morgan fingerprint density at radius 3 is 2.52 bits per heavy atom. The van der Waals surface area contributed by atoms with E-state index in [0.717, 1.165) is 12.1 Å². The van der Waals surface area contributed by atoms with E-state index in [1.165, 1.54) is 19.2 Å². The fraction of sp³-hybridized carbons (Fsp3) is 0.294. The van der Waals surface area contributed by atoms with Crippen molar-refractivity contribution in [1.82, 2.24) is 15.6 Å². The van der Waals surface area contributed by atoms with Gasteiger partial charge in [-0.2, -0.15) is 0 Å². The van der Waals surface area contributed by atoms with Crippen LogP contribution in [0.15, 0.2) is 24.3 Å². The average molecular weight is 351 g/mol. The molecule has 0 saturated carbocycles. The minimum atomic E-state index is -0.989. The minimum Gasteiger partial charge on any atom is -0.484 e. The third kappa shape index (κ3) is 4.14. The van der Waals surface area contributed by atoms with Gasteiger partial charge in [-0.15, -0.1) is 0 Å². The van der Waals surface area contributed by atoms with E-state index in [9.17, 15) is 18.4 Å². The van der Waals surface area contributed by atoms with E-state index in [1.54, 1.807) is 13.8 Å². The monoisotopic (exact) mass is 351 g/mol. The fourth-order valence-corrected chi connectivity index (χ4v) is 2.22. The van der Waals surface area contributed by atoms with Crippen molar-refractivity contribution in [3.8, 4) is 5.75 Å². The van der Waals surface area contributed by atoms with Crippen LogP contribution in [0.1, 0.15) is 46.5 Å². The number of rotatable bonds is 6. The largest absolute Gasteiger partial charge is 0.484 e. The van der Waals surface area contributed by atoms with Crippen molar-refractivity contribution in [2.75, 3.05) is 13.6 Å². The lowest BCUT2D eigenvalue weighted by Crippen LogP contribution is -2.23. The molecule has 2 amide bonds. The number of nitrogens with one attached hydrogen (secondary N) is 3. The fourth-order valence-electron chi connectivity index (χ4n) is 2.22. The second-order valence-electron chi connectivity index (χ2n) is 5.29. The molecule has 8 heteroatoms. The molecule has 1 atom stereocenters. The van der Waals surface area contributed by atoms with Crippen LogP contribution in [-0.4, -0.2) is 30.4 Å². The lowest BCUT2D eigenvalue weighted by Gasteiger charge is -2.15. The first-order chi connectivity index (χ1) is 11.9. The quantitative estimate of drug-likeness (QED) is 0.748. The second-order valence-corrected chi connectivity index (χ2v) is 5.29. The molecule has 6 nitrogen and oxygen atoms in total. The second kappa shape index (κ2) is 7.78. The lowest BCUT2D eigenvalue weighted by atomic mass is 10.1. The maximum atomic E-state index is 13.4. The van der Waals surface area contributed by atoms with E-state index in [1.807, 2.05) is 0 Å². The normalized spacial score (nSPS) is 11.7. The number of carbonyl (C=O) groups excluding carboxylic acids is 2. The molecule has 0 aliphatic heterocycles. The van der Waals surface area contributed by atoms with Gasteiger partial charge in [-0.3, -0.25) is 9.59 Å². The Labute approximate surface area is 143 Å². The minimum absolute atomic E-state index is 0.0678. The molecule has 0 aliphatic carbocycles. The molecule has 134 valence electrons. The standard InChI is InChI=1S/C17H19F2N3O3/c1-4-21-16(23)13-8-14(15(22-13)17(24)20-3)25-9(2)10-5-6-11(18)12(19)7-10/h5-9,22H,4H2,1-3H3,(H,20,24)(H,21,23). The molecule has 1 aromatic heterocycles. The third-order valence-corrected chi connectivity index (χ3v) is 3.53. The van der Waals surface area contributed by atoms with Gasteiger partial charge in [0.1, 0.15) is 17.5 Å². The van der Waals surface area contributed by atoms with Gasteiger partial charge in [0.2, 0.25) is 0 Å². The summed E-state index contributed by atoms with van der Waals surface area (Å²) in [5.41, 5.74) is 0.619. The maximum Gasteiger partial charge on any atom is 0.271 e. The molecule has 0 fully saturated rings. The van der Waals surface area contributed by atoms with Crippen LogP contribution in [0.25, 0.3) is 0 Å². The summed E-state index contributed by atoms with van der Waals surface area (Å²) in [5.74, 6) is -2.66. The van der Waals surface area contributed by atoms with Crippen molar-refractivity contribution in [3.05, 3.63) is 52.9 Å². The molecule has 1 unspecified atom stereocenters. The number of aromatic nitrogens is 1. The molecular weight excluding hydrogens is 332 g/mol. The van der Waals surface area contributed by atoms with Gasteiger partial charge in [-0.05, 0) is 31.5 Å². The molecule has 0 aliphatic rings. The number of amides is 2. The molecule has 2 rings (SSSR count). The number of H-pyrrole nitrogens is 1. The summed E-state index contributed by atoms with van der Waals surface area (Å²) < 4.78 is 32.1. The van der Waals surface area contributed by atoms with Gasteiger partial charge >= 0.3 is 0 Å². The molecule has 3 N–H and O–H groups in total. The summed E-state index contributed by atoms with van der Waals surface area (Å²) in [6.45, 7) is 3.82. The van der Waals surface area contributed by atoms with Crippen molar-refractivity contribution in [2.45, 2.75) is 20.0 Å². The summed E-state index contributed by atoms with van der Waals surface area (Å²) in [6, 6.07) is 4.81. The van der Waals surface area contributed by atoms with E-state index in [2.05, 4.69) is 15.6 Å². The number of hydrogen-bond donors (Lipinski definition) is 3. The van der Waals surface area contributed by atoms with Crippen molar-refractivity contribution in [3.63, 3.8) is 0 Å². The van der Waals surface area contributed by atoms with Gasteiger partial charge in [0.05, 0.1) is 0 Å². The number of hydrogen-bond acceptors (Lipinski definition) is 3. The van der Waals surface area contributed by atoms with Crippen molar-refractivity contribution < 1.29 is 23.1 Å². The van der Waals surface area contributed by atoms with E-state index in [0.29, 0.717) is 12.1 Å². The number of ether oxygens (including phenoxy) is 1. The summed E-state index contributed by atoms with van der Waals surface area (Å²) in [4.78, 5) is 26.6. The first-order valence-electron chi connectivity index (χ1n) is 7.72. The molecular formula is C17H19F2N3O3. The zero-order valence-electron chi connectivity index (χ0n) is 14.1. The summed E-state index contributed by atoms with van der Waals surface area (Å²) >= 11 is 0. The Morgan fingerprint density at radius 1 is 1.20 bits per heavy atom. The van der Waals surface area contributed by atoms with Gasteiger partial charge in [0.15, 0.2) is 17.4 Å². The lowest BCUT2D eigenvalue weighted by molar-refractivity contribution is 0.0951. The average Bonchev–Trinajstić information content (AvgIpc) is 3.00. The highest BCUT2D eigenvalue weighted by Crippen LogP contribution is 2.27. The highest BCUT2D eigenvalue weighted by molar-refractivity contribution is 5.99. The number of carbonyl (C=O) groups is 2. The zero-order valence-corrected chi connectivity index (χ0v) is 14.1. The number of halogens is 2.